The maximum absolute atomic E-state index is 5.64. The quantitative estimate of drug-likeness (QED) is 0.872. The van der Waals surface area contributed by atoms with Gasteiger partial charge in [0.2, 0.25) is 0 Å². The SMILES string of the molecule is C/C(=C/Cl)CNC1CCOc2ccccc21. The van der Waals surface area contributed by atoms with E-state index in [9.17, 15) is 0 Å². The molecule has 0 aromatic heterocycles. The van der Waals surface area contributed by atoms with Crippen LogP contribution < -0.4 is 10.1 Å². The molecule has 0 saturated heterocycles. The van der Waals surface area contributed by atoms with Gasteiger partial charge >= 0.3 is 0 Å². The van der Waals surface area contributed by atoms with Gasteiger partial charge in [-0.2, -0.15) is 0 Å². The molecule has 2 nitrogen and oxygen atoms in total. The Hall–Kier alpha value is -0.990. The highest BCUT2D eigenvalue weighted by Gasteiger charge is 2.19. The molecule has 1 aromatic rings. The molecule has 0 amide bonds. The maximum atomic E-state index is 5.64. The molecule has 0 bridgehead atoms. The van der Waals surface area contributed by atoms with E-state index >= 15 is 0 Å². The summed E-state index contributed by atoms with van der Waals surface area (Å²) in [6.07, 6.45) is 1.01. The minimum atomic E-state index is 0.372. The topological polar surface area (TPSA) is 21.3 Å². The van der Waals surface area contributed by atoms with Crippen LogP contribution in [0.15, 0.2) is 35.4 Å². The second-order valence-corrected chi connectivity index (χ2v) is 4.28. The molecule has 0 saturated carbocycles. The van der Waals surface area contributed by atoms with Crippen LogP contribution in [0, 0.1) is 0 Å². The van der Waals surface area contributed by atoms with E-state index in [1.807, 2.05) is 25.1 Å². The number of para-hydroxylation sites is 1. The molecule has 0 aliphatic carbocycles. The van der Waals surface area contributed by atoms with Crippen LogP contribution in [0.5, 0.6) is 5.75 Å². The van der Waals surface area contributed by atoms with Crippen LogP contribution in [-0.4, -0.2) is 13.2 Å². The number of halogens is 1. The van der Waals surface area contributed by atoms with Gasteiger partial charge in [0, 0.05) is 30.1 Å². The van der Waals surface area contributed by atoms with Crippen LogP contribution in [0.2, 0.25) is 0 Å². The molecule has 1 aromatic carbocycles. The summed E-state index contributed by atoms with van der Waals surface area (Å²) < 4.78 is 5.61. The first-order valence-electron chi connectivity index (χ1n) is 5.52. The Kier molecular flexibility index (Phi) is 3.86. The lowest BCUT2D eigenvalue weighted by Crippen LogP contribution is -2.28. The second kappa shape index (κ2) is 5.37. The van der Waals surface area contributed by atoms with Crippen molar-refractivity contribution in [3.63, 3.8) is 0 Å². The van der Waals surface area contributed by atoms with Crippen molar-refractivity contribution in [2.45, 2.75) is 19.4 Å². The third kappa shape index (κ3) is 2.57. The number of nitrogens with one attached hydrogen (secondary N) is 1. The van der Waals surface area contributed by atoms with E-state index in [-0.39, 0.29) is 0 Å². The lowest BCUT2D eigenvalue weighted by Gasteiger charge is -2.26. The van der Waals surface area contributed by atoms with E-state index < -0.39 is 0 Å². The Morgan fingerprint density at radius 1 is 1.56 bits per heavy atom. The summed E-state index contributed by atoms with van der Waals surface area (Å²) in [5, 5.41) is 3.50. The molecular weight excluding hydrogens is 222 g/mol. The van der Waals surface area contributed by atoms with Crippen molar-refractivity contribution >= 4 is 11.6 Å². The molecular formula is C13H16ClNO. The highest BCUT2D eigenvalue weighted by atomic mass is 35.5. The van der Waals surface area contributed by atoms with Gasteiger partial charge in [0.1, 0.15) is 5.75 Å². The number of benzene rings is 1. The van der Waals surface area contributed by atoms with Crippen molar-refractivity contribution in [1.29, 1.82) is 0 Å². The van der Waals surface area contributed by atoms with Gasteiger partial charge in [0.25, 0.3) is 0 Å². The Morgan fingerprint density at radius 2 is 2.38 bits per heavy atom. The van der Waals surface area contributed by atoms with Gasteiger partial charge in [0.15, 0.2) is 0 Å². The van der Waals surface area contributed by atoms with Gasteiger partial charge in [-0.15, -0.1) is 0 Å². The maximum Gasteiger partial charge on any atom is 0.124 e. The van der Waals surface area contributed by atoms with Crippen LogP contribution >= 0.6 is 11.6 Å². The van der Waals surface area contributed by atoms with E-state index in [0.29, 0.717) is 6.04 Å². The Labute approximate surface area is 101 Å². The summed E-state index contributed by atoms with van der Waals surface area (Å²) in [5.74, 6) is 0.999. The Balaban J connectivity index is 2.07. The smallest absolute Gasteiger partial charge is 0.124 e. The minimum absolute atomic E-state index is 0.372. The first kappa shape index (κ1) is 11.5. The molecule has 1 unspecified atom stereocenters. The summed E-state index contributed by atoms with van der Waals surface area (Å²) in [4.78, 5) is 0. The van der Waals surface area contributed by atoms with Crippen molar-refractivity contribution in [3.05, 3.63) is 40.9 Å². The van der Waals surface area contributed by atoms with Crippen molar-refractivity contribution in [2.75, 3.05) is 13.2 Å². The molecule has 2 rings (SSSR count). The molecule has 0 fully saturated rings. The van der Waals surface area contributed by atoms with Gasteiger partial charge in [-0.05, 0) is 18.6 Å². The predicted molar refractivity (Wildman–Crippen MR) is 66.9 cm³/mol. The molecule has 1 aliphatic heterocycles. The molecule has 0 radical (unpaired) electrons. The van der Waals surface area contributed by atoms with Crippen LogP contribution in [-0.2, 0) is 0 Å². The van der Waals surface area contributed by atoms with Crippen LogP contribution in [0.3, 0.4) is 0 Å². The van der Waals surface area contributed by atoms with Gasteiger partial charge in [-0.1, -0.05) is 29.8 Å². The van der Waals surface area contributed by atoms with E-state index in [4.69, 9.17) is 16.3 Å². The monoisotopic (exact) mass is 237 g/mol. The van der Waals surface area contributed by atoms with E-state index in [2.05, 4.69) is 11.4 Å². The zero-order valence-corrected chi connectivity index (χ0v) is 10.1. The largest absolute Gasteiger partial charge is 0.493 e. The van der Waals surface area contributed by atoms with E-state index in [1.54, 1.807) is 5.54 Å². The van der Waals surface area contributed by atoms with Gasteiger partial charge in [0.05, 0.1) is 6.61 Å². The summed E-state index contributed by atoms with van der Waals surface area (Å²) in [5.41, 5.74) is 4.01. The zero-order valence-electron chi connectivity index (χ0n) is 9.37. The number of hydrogen-bond acceptors (Lipinski definition) is 2. The molecule has 0 spiro atoms. The van der Waals surface area contributed by atoms with Crippen molar-refractivity contribution in [3.8, 4) is 5.75 Å². The fourth-order valence-corrected chi connectivity index (χ4v) is 1.95. The molecule has 1 N–H and O–H groups in total. The normalized spacial score (nSPS) is 20.1. The Bertz CT molecular complexity index is 389. The molecule has 3 heteroatoms. The predicted octanol–water partition coefficient (Wildman–Crippen LogP) is 3.24. The molecule has 1 atom stereocenters. The van der Waals surface area contributed by atoms with Gasteiger partial charge in [-0.25, -0.2) is 0 Å². The fraction of sp³-hybridized carbons (Fsp3) is 0.385. The van der Waals surface area contributed by atoms with Gasteiger partial charge in [-0.3, -0.25) is 0 Å². The number of ether oxygens (including phenoxy) is 1. The average molecular weight is 238 g/mol. The second-order valence-electron chi connectivity index (χ2n) is 4.06. The highest BCUT2D eigenvalue weighted by molar-refractivity contribution is 6.25. The third-order valence-corrected chi connectivity index (χ3v) is 3.14. The summed E-state index contributed by atoms with van der Waals surface area (Å²) in [7, 11) is 0. The molecule has 1 heterocycles. The number of rotatable bonds is 3. The van der Waals surface area contributed by atoms with Crippen LogP contribution in [0.4, 0.5) is 0 Å². The zero-order chi connectivity index (χ0) is 11.4. The van der Waals surface area contributed by atoms with Gasteiger partial charge < -0.3 is 10.1 Å². The lowest BCUT2D eigenvalue weighted by molar-refractivity contribution is 0.255. The van der Waals surface area contributed by atoms with Crippen LogP contribution in [0.1, 0.15) is 24.9 Å². The van der Waals surface area contributed by atoms with Crippen molar-refractivity contribution < 1.29 is 4.74 Å². The summed E-state index contributed by atoms with van der Waals surface area (Å²) in [6.45, 7) is 3.62. The molecule has 86 valence electrons. The molecule has 1 aliphatic rings. The third-order valence-electron chi connectivity index (χ3n) is 2.77. The summed E-state index contributed by atoms with van der Waals surface area (Å²) >= 11 is 5.64. The first-order chi connectivity index (χ1) is 7.81. The fourth-order valence-electron chi connectivity index (χ4n) is 1.88. The minimum Gasteiger partial charge on any atom is -0.493 e. The summed E-state index contributed by atoms with van der Waals surface area (Å²) in [6, 6.07) is 8.56. The van der Waals surface area contributed by atoms with Crippen LogP contribution in [0.25, 0.3) is 0 Å². The van der Waals surface area contributed by atoms with Crippen molar-refractivity contribution in [2.24, 2.45) is 0 Å². The highest BCUT2D eigenvalue weighted by Crippen LogP contribution is 2.31. The first-order valence-corrected chi connectivity index (χ1v) is 5.96. The lowest BCUT2D eigenvalue weighted by atomic mass is 10.0. The number of fused-ring (bicyclic) bond motifs is 1. The van der Waals surface area contributed by atoms with Crippen molar-refractivity contribution in [1.82, 2.24) is 5.32 Å². The van der Waals surface area contributed by atoms with E-state index in [0.717, 1.165) is 30.9 Å². The van der Waals surface area contributed by atoms with E-state index in [1.165, 1.54) is 5.56 Å². The number of hydrogen-bond donors (Lipinski definition) is 1. The molecule has 16 heavy (non-hydrogen) atoms. The average Bonchev–Trinajstić information content (AvgIpc) is 2.35. The standard InChI is InChI=1S/C13H16ClNO/c1-10(8-14)9-15-12-6-7-16-13-5-3-2-4-11(12)13/h2-5,8,12,15H,6-7,9H2,1H3/b10-8-. The Morgan fingerprint density at radius 3 is 3.19 bits per heavy atom.